The summed E-state index contributed by atoms with van der Waals surface area (Å²) >= 11 is 0. The first-order valence-corrected chi connectivity index (χ1v) is 13.4. The van der Waals surface area contributed by atoms with Crippen LogP contribution in [0.2, 0.25) is 0 Å². The number of nitrogens with one attached hydrogen (secondary N) is 1. The molecule has 3 atom stereocenters. The largest absolute Gasteiger partial charge is 0.370 e. The van der Waals surface area contributed by atoms with Crippen LogP contribution >= 0.6 is 0 Å². The third kappa shape index (κ3) is 5.83. The highest BCUT2D eigenvalue weighted by atomic mass is 16.1. The van der Waals surface area contributed by atoms with Gasteiger partial charge in [-0.1, -0.05) is 31.0 Å². The molecule has 2 aliphatic rings. The lowest BCUT2D eigenvalue weighted by Crippen LogP contribution is -2.44. The van der Waals surface area contributed by atoms with E-state index in [1.54, 1.807) is 0 Å². The molecule has 2 aromatic rings. The summed E-state index contributed by atoms with van der Waals surface area (Å²) < 4.78 is 2.02. The van der Waals surface area contributed by atoms with Gasteiger partial charge in [-0.2, -0.15) is 0 Å². The molecule has 0 saturated carbocycles. The van der Waals surface area contributed by atoms with Crippen molar-refractivity contribution in [3.63, 3.8) is 0 Å². The molecule has 1 aromatic heterocycles. The molecule has 2 saturated heterocycles. The van der Waals surface area contributed by atoms with E-state index < -0.39 is 0 Å². The molecule has 1 unspecified atom stereocenters. The number of nitrogens with zero attached hydrogens (tertiary/aromatic N) is 3. The van der Waals surface area contributed by atoms with Gasteiger partial charge < -0.3 is 15.2 Å². The highest BCUT2D eigenvalue weighted by Crippen LogP contribution is 2.24. The van der Waals surface area contributed by atoms with E-state index in [9.17, 15) is 4.79 Å². The number of hydrogen-bond acceptors (Lipinski definition) is 3. The van der Waals surface area contributed by atoms with Crippen molar-refractivity contribution >= 4 is 16.9 Å². The molecule has 3 N–H and O–H groups in total. The van der Waals surface area contributed by atoms with Gasteiger partial charge >= 0.3 is 0 Å². The molecule has 2 fully saturated rings. The Morgan fingerprint density at radius 2 is 1.76 bits per heavy atom. The number of aryl methyl sites for hydroxylation is 1. The van der Waals surface area contributed by atoms with E-state index in [1.165, 1.54) is 32.2 Å². The lowest BCUT2D eigenvalue weighted by molar-refractivity contribution is 0.101. The molecule has 3 heterocycles. The predicted molar refractivity (Wildman–Crippen MR) is 141 cm³/mol. The van der Waals surface area contributed by atoms with Gasteiger partial charge in [-0.25, -0.2) is 0 Å². The Morgan fingerprint density at radius 3 is 2.53 bits per heavy atom. The van der Waals surface area contributed by atoms with Crippen LogP contribution in [0.1, 0.15) is 70.8 Å². The first-order chi connectivity index (χ1) is 16.4. The summed E-state index contributed by atoms with van der Waals surface area (Å²) in [5, 5.41) is 8.92. The van der Waals surface area contributed by atoms with E-state index >= 15 is 0 Å². The number of likely N-dealkylation sites (tertiary alicyclic amines) is 2. The number of hydrogen-bond donors (Lipinski definition) is 2. The highest BCUT2D eigenvalue weighted by Gasteiger charge is 2.24. The standard InChI is InChI=1S/C28H43N5O/c1-21-10-8-11-22(2)32(21)16-6-3-7-17-33-26-14-5-4-13-24(26)19-25(27(33)34)18-23-12-9-15-31(20-23)28(29)30/h4-5,13-14,19,21-23H,3,6-12,15-18,20H2,1-2H3,(H3,29,30)/t21-,22+,23?. The van der Waals surface area contributed by atoms with Crippen LogP contribution in [0.25, 0.3) is 10.9 Å². The monoisotopic (exact) mass is 465 g/mol. The summed E-state index contributed by atoms with van der Waals surface area (Å²) in [7, 11) is 0. The lowest BCUT2D eigenvalue weighted by atomic mass is 9.91. The van der Waals surface area contributed by atoms with Gasteiger partial charge in [0.05, 0.1) is 5.52 Å². The number of nitrogens with two attached hydrogens (primary N) is 1. The molecule has 2 aliphatic heterocycles. The molecule has 0 bridgehead atoms. The second kappa shape index (κ2) is 11.4. The van der Waals surface area contributed by atoms with Gasteiger partial charge in [0.2, 0.25) is 0 Å². The van der Waals surface area contributed by atoms with Gasteiger partial charge in [-0.15, -0.1) is 0 Å². The second-order valence-corrected chi connectivity index (χ2v) is 10.7. The van der Waals surface area contributed by atoms with Crippen LogP contribution in [0.3, 0.4) is 0 Å². The smallest absolute Gasteiger partial charge is 0.254 e. The van der Waals surface area contributed by atoms with E-state index in [1.807, 2.05) is 15.5 Å². The summed E-state index contributed by atoms with van der Waals surface area (Å²) in [6.07, 6.45) is 10.3. The Balaban J connectivity index is 1.41. The Labute approximate surface area is 204 Å². The van der Waals surface area contributed by atoms with E-state index in [0.29, 0.717) is 18.0 Å². The van der Waals surface area contributed by atoms with Gasteiger partial charge in [-0.3, -0.25) is 15.1 Å². The zero-order chi connectivity index (χ0) is 24.1. The minimum atomic E-state index is 0.147. The van der Waals surface area contributed by atoms with Gasteiger partial charge in [0.25, 0.3) is 5.56 Å². The zero-order valence-electron chi connectivity index (χ0n) is 21.1. The number of aromatic nitrogens is 1. The summed E-state index contributed by atoms with van der Waals surface area (Å²) in [5.74, 6) is 0.516. The van der Waals surface area contributed by atoms with Gasteiger partial charge in [0.15, 0.2) is 5.96 Å². The van der Waals surface area contributed by atoms with Crippen molar-refractivity contribution in [1.29, 1.82) is 5.41 Å². The molecule has 0 aliphatic carbocycles. The van der Waals surface area contributed by atoms with Gasteiger partial charge in [0, 0.05) is 37.3 Å². The molecule has 0 spiro atoms. The number of guanidine groups is 1. The van der Waals surface area contributed by atoms with Crippen molar-refractivity contribution in [2.24, 2.45) is 11.7 Å². The van der Waals surface area contributed by atoms with Crippen LogP contribution in [0.5, 0.6) is 0 Å². The normalized spacial score (nSPS) is 23.9. The molecule has 186 valence electrons. The Bertz CT molecular complexity index is 1020. The molecular weight excluding hydrogens is 422 g/mol. The molecule has 1 aromatic carbocycles. The van der Waals surface area contributed by atoms with Crippen LogP contribution in [0.15, 0.2) is 35.1 Å². The molecular formula is C28H43N5O. The maximum atomic E-state index is 13.5. The van der Waals surface area contributed by atoms with Crippen molar-refractivity contribution in [3.05, 3.63) is 46.2 Å². The first kappa shape index (κ1) is 24.8. The number of fused-ring (bicyclic) bond motifs is 1. The minimum Gasteiger partial charge on any atom is -0.370 e. The van der Waals surface area contributed by atoms with E-state index in [0.717, 1.165) is 68.2 Å². The zero-order valence-corrected chi connectivity index (χ0v) is 21.1. The van der Waals surface area contributed by atoms with Crippen molar-refractivity contribution < 1.29 is 0 Å². The quantitative estimate of drug-likeness (QED) is 0.340. The SMILES string of the molecule is C[C@@H]1CCC[C@H](C)N1CCCCCn1c(=O)c(CC2CCCN(C(=N)N)C2)cc2ccccc21. The average molecular weight is 466 g/mol. The van der Waals surface area contributed by atoms with E-state index in [4.69, 9.17) is 11.1 Å². The maximum Gasteiger partial charge on any atom is 0.254 e. The third-order valence-corrected chi connectivity index (χ3v) is 8.12. The fourth-order valence-corrected chi connectivity index (χ4v) is 6.17. The molecule has 6 nitrogen and oxygen atoms in total. The Morgan fingerprint density at radius 1 is 1.03 bits per heavy atom. The van der Waals surface area contributed by atoms with Crippen molar-refractivity contribution in [3.8, 4) is 0 Å². The number of unbranched alkanes of at least 4 members (excludes halogenated alkanes) is 2. The van der Waals surface area contributed by atoms with Crippen LogP contribution in [0, 0.1) is 11.3 Å². The Hall–Kier alpha value is -2.34. The summed E-state index contributed by atoms with van der Waals surface area (Å²) in [4.78, 5) is 18.2. The van der Waals surface area contributed by atoms with Crippen LogP contribution in [-0.2, 0) is 13.0 Å². The Kier molecular flexibility index (Phi) is 8.30. The minimum absolute atomic E-state index is 0.147. The van der Waals surface area contributed by atoms with E-state index in [-0.39, 0.29) is 11.5 Å². The second-order valence-electron chi connectivity index (χ2n) is 10.7. The molecule has 34 heavy (non-hydrogen) atoms. The van der Waals surface area contributed by atoms with Crippen molar-refractivity contribution in [2.75, 3.05) is 19.6 Å². The van der Waals surface area contributed by atoms with Crippen molar-refractivity contribution in [2.45, 2.75) is 90.3 Å². The van der Waals surface area contributed by atoms with Crippen LogP contribution < -0.4 is 11.3 Å². The number of rotatable bonds is 8. The first-order valence-electron chi connectivity index (χ1n) is 13.4. The lowest BCUT2D eigenvalue weighted by Gasteiger charge is -2.39. The van der Waals surface area contributed by atoms with E-state index in [2.05, 4.69) is 43.0 Å². The number of pyridine rings is 1. The van der Waals surface area contributed by atoms with Crippen LogP contribution in [0.4, 0.5) is 0 Å². The number of benzene rings is 1. The maximum absolute atomic E-state index is 13.5. The van der Waals surface area contributed by atoms with Crippen LogP contribution in [-0.4, -0.2) is 52.0 Å². The molecule has 0 radical (unpaired) electrons. The fourth-order valence-electron chi connectivity index (χ4n) is 6.17. The molecule has 6 heteroatoms. The molecule has 4 rings (SSSR count). The number of piperidine rings is 2. The van der Waals surface area contributed by atoms with Gasteiger partial charge in [0.1, 0.15) is 0 Å². The van der Waals surface area contributed by atoms with Crippen molar-refractivity contribution in [1.82, 2.24) is 14.4 Å². The predicted octanol–water partition coefficient (Wildman–Crippen LogP) is 4.58. The topological polar surface area (TPSA) is 78.4 Å². The summed E-state index contributed by atoms with van der Waals surface area (Å²) in [6.45, 7) is 8.32. The highest BCUT2D eigenvalue weighted by molar-refractivity contribution is 5.79. The third-order valence-electron chi connectivity index (χ3n) is 8.12. The number of para-hydroxylation sites is 1. The fraction of sp³-hybridized carbons (Fsp3) is 0.643. The summed E-state index contributed by atoms with van der Waals surface area (Å²) in [5.41, 5.74) is 7.85. The average Bonchev–Trinajstić information content (AvgIpc) is 2.82. The molecule has 0 amide bonds. The summed E-state index contributed by atoms with van der Waals surface area (Å²) in [6, 6.07) is 11.8. The van der Waals surface area contributed by atoms with Gasteiger partial charge in [-0.05, 0) is 88.8 Å².